The number of nitrogens with one attached hydrogen (secondary N) is 4. The number of rotatable bonds is 13. The molecule has 3 fully saturated rings. The molecule has 2 aromatic heterocycles. The van der Waals surface area contributed by atoms with E-state index in [1.54, 1.807) is 22.2 Å². The van der Waals surface area contributed by atoms with E-state index >= 15 is 0 Å². The summed E-state index contributed by atoms with van der Waals surface area (Å²) in [6, 6.07) is 21.2. The summed E-state index contributed by atoms with van der Waals surface area (Å²) in [7, 11) is -0.997. The van der Waals surface area contributed by atoms with Crippen LogP contribution < -0.4 is 15.5 Å². The second kappa shape index (κ2) is 21.2. The predicted molar refractivity (Wildman–Crippen MR) is 276 cm³/mol. The Bertz CT molecular complexity index is 2680. The van der Waals surface area contributed by atoms with Gasteiger partial charge in [-0.05, 0) is 82.9 Å². The number of carbonyl (C=O) groups excluding carboxylic acids is 4. The molecule has 17 nitrogen and oxygen atoms in total. The second-order valence-electron chi connectivity index (χ2n) is 21.0. The Hall–Kier alpha value is -6.69. The van der Waals surface area contributed by atoms with Crippen LogP contribution >= 0.6 is 0 Å². The number of aromatic nitrogens is 4. The minimum atomic E-state index is -3.55. The Balaban J connectivity index is 1.05. The molecule has 5 heterocycles. The van der Waals surface area contributed by atoms with Crippen molar-refractivity contribution in [2.45, 2.75) is 116 Å². The molecule has 0 spiro atoms. The van der Waals surface area contributed by atoms with Crippen LogP contribution in [0.2, 0.25) is 0 Å². The van der Waals surface area contributed by atoms with E-state index < -0.39 is 46.2 Å². The molecule has 0 radical (unpaired) electrons. The smallest absolute Gasteiger partial charge is 0.407 e. The second-order valence-corrected chi connectivity index (χ2v) is 23.2. The van der Waals surface area contributed by atoms with Crippen molar-refractivity contribution in [3.8, 4) is 22.5 Å². The van der Waals surface area contributed by atoms with E-state index in [4.69, 9.17) is 19.4 Å². The van der Waals surface area contributed by atoms with Crippen molar-refractivity contribution >= 4 is 39.5 Å². The van der Waals surface area contributed by atoms with Crippen LogP contribution in [0.25, 0.3) is 22.5 Å². The summed E-state index contributed by atoms with van der Waals surface area (Å²) in [4.78, 5) is 74.0. The number of likely N-dealkylation sites (tertiary alicyclic amines) is 2. The van der Waals surface area contributed by atoms with Crippen LogP contribution in [0.4, 0.5) is 15.3 Å². The third-order valence-corrected chi connectivity index (χ3v) is 16.1. The van der Waals surface area contributed by atoms with Crippen molar-refractivity contribution in [1.82, 2.24) is 40.4 Å². The predicted octanol–water partition coefficient (Wildman–Crippen LogP) is 8.57. The summed E-state index contributed by atoms with van der Waals surface area (Å²) in [6.45, 7) is 15.1. The molecule has 0 bridgehead atoms. The number of aromatic amines is 2. The van der Waals surface area contributed by atoms with Gasteiger partial charge in [0, 0.05) is 18.8 Å². The number of imidazole rings is 2. The first kappa shape index (κ1) is 51.7. The Morgan fingerprint density at radius 2 is 1.03 bits per heavy atom. The molecule has 3 aliphatic heterocycles. The van der Waals surface area contributed by atoms with Gasteiger partial charge < -0.3 is 44.8 Å². The Morgan fingerprint density at radius 1 is 0.625 bits per heavy atom. The van der Waals surface area contributed by atoms with Gasteiger partial charge in [-0.15, -0.1) is 0 Å². The average molecular weight is 1000 g/mol. The van der Waals surface area contributed by atoms with Gasteiger partial charge in [0.15, 0.2) is 9.84 Å². The molecular weight excluding hydrogens is 935 g/mol. The van der Waals surface area contributed by atoms with E-state index in [0.717, 1.165) is 65.0 Å². The third kappa shape index (κ3) is 11.0. The van der Waals surface area contributed by atoms with Crippen molar-refractivity contribution in [1.29, 1.82) is 0 Å². The van der Waals surface area contributed by atoms with E-state index in [9.17, 15) is 27.6 Å². The van der Waals surface area contributed by atoms with Crippen molar-refractivity contribution < 1.29 is 37.1 Å². The highest BCUT2D eigenvalue weighted by Gasteiger charge is 2.42. The number of anilines is 1. The first-order chi connectivity index (χ1) is 34.3. The van der Waals surface area contributed by atoms with Gasteiger partial charge in [0.2, 0.25) is 11.8 Å². The minimum Gasteiger partial charge on any atom is -0.453 e. The summed E-state index contributed by atoms with van der Waals surface area (Å²) in [6.07, 6.45) is 5.24. The molecule has 3 aliphatic rings. The highest BCUT2D eigenvalue weighted by atomic mass is 32.2. The van der Waals surface area contributed by atoms with Gasteiger partial charge in [0.1, 0.15) is 23.7 Å². The fourth-order valence-corrected chi connectivity index (χ4v) is 12.2. The molecular formula is C54H69N9O8S. The monoisotopic (exact) mass is 1000 g/mol. The molecule has 3 aromatic carbocycles. The molecule has 8 rings (SSSR count). The molecule has 5 aromatic rings. The van der Waals surface area contributed by atoms with Crippen LogP contribution in [0, 0.1) is 11.8 Å². The number of sulfone groups is 1. The molecule has 6 unspecified atom stereocenters. The maximum atomic E-state index is 14.1. The van der Waals surface area contributed by atoms with Gasteiger partial charge in [-0.3, -0.25) is 9.59 Å². The maximum Gasteiger partial charge on any atom is 0.407 e. The number of ether oxygens (including phenoxy) is 2. The average Bonchev–Trinajstić information content (AvgIpc) is 4.21. The number of hydrogen-bond acceptors (Lipinski definition) is 11. The molecule has 384 valence electrons. The van der Waals surface area contributed by atoms with E-state index in [2.05, 4.69) is 70.5 Å². The first-order valence-corrected chi connectivity index (χ1v) is 26.8. The van der Waals surface area contributed by atoms with E-state index in [1.165, 1.54) is 19.8 Å². The normalized spacial score (nSPS) is 20.9. The fraction of sp³-hybridized carbons (Fsp3) is 0.481. The quantitative estimate of drug-likeness (QED) is 0.0877. The van der Waals surface area contributed by atoms with Crippen LogP contribution in [0.15, 0.2) is 85.2 Å². The summed E-state index contributed by atoms with van der Waals surface area (Å²) in [5, 5.41) is 5.40. The first-order valence-electron chi connectivity index (χ1n) is 25.0. The minimum absolute atomic E-state index is 0.0712. The number of benzene rings is 3. The highest BCUT2D eigenvalue weighted by molar-refractivity contribution is 7.91. The van der Waals surface area contributed by atoms with Crippen LogP contribution in [-0.2, 0) is 34.3 Å². The zero-order valence-electron chi connectivity index (χ0n) is 42.8. The number of hydrogen-bond donors (Lipinski definition) is 4. The number of amides is 4. The van der Waals surface area contributed by atoms with Crippen LogP contribution in [-0.4, -0.2) is 113 Å². The van der Waals surface area contributed by atoms with Crippen LogP contribution in [0.1, 0.15) is 127 Å². The molecule has 72 heavy (non-hydrogen) atoms. The van der Waals surface area contributed by atoms with Gasteiger partial charge in [-0.2, -0.15) is 0 Å². The molecule has 3 saturated heterocycles. The summed E-state index contributed by atoms with van der Waals surface area (Å²) in [5.74, 6) is 0.496. The van der Waals surface area contributed by atoms with Crippen molar-refractivity contribution in [2.75, 3.05) is 43.7 Å². The van der Waals surface area contributed by atoms with Crippen molar-refractivity contribution in [2.24, 2.45) is 11.8 Å². The van der Waals surface area contributed by atoms with Gasteiger partial charge >= 0.3 is 12.2 Å². The molecule has 4 amide bonds. The lowest BCUT2D eigenvalue weighted by Gasteiger charge is -2.44. The molecule has 18 heteroatoms. The zero-order valence-corrected chi connectivity index (χ0v) is 43.6. The Kier molecular flexibility index (Phi) is 15.2. The summed E-state index contributed by atoms with van der Waals surface area (Å²) in [5.41, 5.74) is 6.93. The number of methoxy groups -OCH3 is 2. The van der Waals surface area contributed by atoms with Crippen LogP contribution in [0.5, 0.6) is 0 Å². The van der Waals surface area contributed by atoms with E-state index in [1.807, 2.05) is 76.2 Å². The molecule has 0 saturated carbocycles. The van der Waals surface area contributed by atoms with Gasteiger partial charge in [0.05, 0.1) is 73.7 Å². The lowest BCUT2D eigenvalue weighted by atomic mass is 9.87. The third-order valence-electron chi connectivity index (χ3n) is 14.4. The number of nitrogens with zero attached hydrogens (tertiary/aromatic N) is 5. The number of alkyl carbamates (subject to hydrolysis) is 2. The SMILES string of the molecule is COC(=O)NC(C(=O)N1CCCC1c1ncc(-c2ccc(C3CS(=O)(=O)CC(c4ccc(-c5cnc(C6CCCN6C(=O)C(NC(=O)OC)C(C)C)[nH]5)cc4)N3c3ccc(C(C)(C)C)cc3)cc2)[nH]1)C(C)C. The lowest BCUT2D eigenvalue weighted by Crippen LogP contribution is -2.51. The Morgan fingerprint density at radius 3 is 1.39 bits per heavy atom. The highest BCUT2D eigenvalue weighted by Crippen LogP contribution is 2.43. The van der Waals surface area contributed by atoms with Gasteiger partial charge in [0.25, 0.3) is 0 Å². The van der Waals surface area contributed by atoms with Gasteiger partial charge in [-0.25, -0.2) is 28.0 Å². The van der Waals surface area contributed by atoms with Gasteiger partial charge in [-0.1, -0.05) is 109 Å². The topological polar surface area (TPSA) is 212 Å². The summed E-state index contributed by atoms with van der Waals surface area (Å²) < 4.78 is 37.8. The number of H-pyrrole nitrogens is 2. The standard InChI is InChI=1S/C54H69N9O8S/c1-32(2)46(59-52(66)70-8)50(64)61-26-10-12-42(61)48-55-28-40(57-48)34-14-18-36(19-15-34)44-30-72(68,69)31-45(63(44)39-24-22-38(23-25-39)54(5,6)7)37-20-16-35(17-21-37)41-29-56-49(58-41)43-13-11-27-62(43)51(65)47(33(3)4)60-53(67)71-9/h14-25,28-29,32-33,42-47H,10-13,26-27,30-31H2,1-9H3,(H,55,57)(H,56,58)(H,59,66)(H,60,67). The van der Waals surface area contributed by atoms with Crippen LogP contribution in [0.3, 0.4) is 0 Å². The molecule has 0 aliphatic carbocycles. The van der Waals surface area contributed by atoms with E-state index in [-0.39, 0.29) is 52.7 Å². The fourth-order valence-electron chi connectivity index (χ4n) is 10.4. The van der Waals surface area contributed by atoms with Crippen molar-refractivity contribution in [3.05, 3.63) is 114 Å². The summed E-state index contributed by atoms with van der Waals surface area (Å²) >= 11 is 0. The van der Waals surface area contributed by atoms with Crippen molar-refractivity contribution in [3.63, 3.8) is 0 Å². The van der Waals surface area contributed by atoms with E-state index in [0.29, 0.717) is 24.7 Å². The lowest BCUT2D eigenvalue weighted by molar-refractivity contribution is -0.136. The molecule has 6 atom stereocenters. The molecule has 4 N–H and O–H groups in total. The number of carbonyl (C=O) groups is 4. The maximum absolute atomic E-state index is 14.1. The zero-order chi connectivity index (χ0) is 51.6. The largest absolute Gasteiger partial charge is 0.453 e. The Labute approximate surface area is 422 Å².